The number of carbonyl (C=O) groups is 1. The predicted molar refractivity (Wildman–Crippen MR) is 72.8 cm³/mol. The molecule has 0 aromatic rings. The number of aliphatic hydroxyl groups excluding tert-OH is 1. The van der Waals surface area contributed by atoms with Crippen molar-refractivity contribution in [3.8, 4) is 0 Å². The Morgan fingerprint density at radius 3 is 2.44 bits per heavy atom. The fourth-order valence-electron chi connectivity index (χ4n) is 1.69. The zero-order valence-electron chi connectivity index (χ0n) is 12.3. The SMILES string of the molecule is C[C@H](O)[C@@H]1C[C@@H](CO[Si](C)(C)C(C)(C)C)OC1=O. The lowest BCUT2D eigenvalue weighted by atomic mass is 10.0. The van der Waals surface area contributed by atoms with Crippen LogP contribution < -0.4 is 0 Å². The summed E-state index contributed by atoms with van der Waals surface area (Å²) >= 11 is 0. The number of rotatable bonds is 4. The van der Waals surface area contributed by atoms with Crippen molar-refractivity contribution in [2.45, 2.75) is 64.5 Å². The second-order valence-corrected chi connectivity index (χ2v) is 11.5. The molecule has 1 fully saturated rings. The minimum Gasteiger partial charge on any atom is -0.460 e. The summed E-state index contributed by atoms with van der Waals surface area (Å²) in [4.78, 5) is 11.5. The Hall–Kier alpha value is -0.393. The summed E-state index contributed by atoms with van der Waals surface area (Å²) in [5.41, 5.74) is 0. The summed E-state index contributed by atoms with van der Waals surface area (Å²) < 4.78 is 11.3. The van der Waals surface area contributed by atoms with E-state index < -0.39 is 20.3 Å². The highest BCUT2D eigenvalue weighted by Crippen LogP contribution is 2.37. The lowest BCUT2D eigenvalue weighted by Gasteiger charge is -2.36. The molecule has 0 unspecified atom stereocenters. The molecule has 1 saturated heterocycles. The molecular formula is C13H26O4Si. The van der Waals surface area contributed by atoms with Crippen LogP contribution in [0.1, 0.15) is 34.1 Å². The van der Waals surface area contributed by atoms with E-state index in [1.807, 2.05) is 0 Å². The van der Waals surface area contributed by atoms with Gasteiger partial charge < -0.3 is 14.3 Å². The molecular weight excluding hydrogens is 248 g/mol. The van der Waals surface area contributed by atoms with Crippen molar-refractivity contribution in [1.29, 1.82) is 0 Å². The van der Waals surface area contributed by atoms with Crippen molar-refractivity contribution in [3.05, 3.63) is 0 Å². The average Bonchev–Trinajstić information content (AvgIpc) is 2.55. The second kappa shape index (κ2) is 5.31. The van der Waals surface area contributed by atoms with E-state index in [0.29, 0.717) is 13.0 Å². The van der Waals surface area contributed by atoms with Gasteiger partial charge in [0, 0.05) is 6.42 Å². The third kappa shape index (κ3) is 3.55. The largest absolute Gasteiger partial charge is 0.460 e. The number of esters is 1. The fraction of sp³-hybridized carbons (Fsp3) is 0.923. The van der Waals surface area contributed by atoms with Crippen LogP contribution in [0.5, 0.6) is 0 Å². The van der Waals surface area contributed by atoms with E-state index in [-0.39, 0.29) is 17.1 Å². The number of hydrogen-bond acceptors (Lipinski definition) is 4. The zero-order chi connectivity index (χ0) is 14.1. The van der Waals surface area contributed by atoms with Crippen molar-refractivity contribution in [2.75, 3.05) is 6.61 Å². The third-order valence-electron chi connectivity index (χ3n) is 4.12. The normalized spacial score (nSPS) is 27.2. The molecule has 0 radical (unpaired) electrons. The van der Waals surface area contributed by atoms with E-state index in [1.54, 1.807) is 6.92 Å². The van der Waals surface area contributed by atoms with E-state index in [1.165, 1.54) is 0 Å². The van der Waals surface area contributed by atoms with Gasteiger partial charge in [-0.1, -0.05) is 20.8 Å². The number of ether oxygens (including phenoxy) is 1. The Balaban J connectivity index is 2.50. The average molecular weight is 274 g/mol. The van der Waals surface area contributed by atoms with Gasteiger partial charge >= 0.3 is 5.97 Å². The second-order valence-electron chi connectivity index (χ2n) is 6.71. The highest BCUT2D eigenvalue weighted by Gasteiger charge is 2.41. The van der Waals surface area contributed by atoms with Crippen LogP contribution >= 0.6 is 0 Å². The van der Waals surface area contributed by atoms with Crippen LogP contribution in [0.3, 0.4) is 0 Å². The molecule has 1 heterocycles. The van der Waals surface area contributed by atoms with Crippen LogP contribution in [0, 0.1) is 5.92 Å². The summed E-state index contributed by atoms with van der Waals surface area (Å²) in [6.07, 6.45) is -0.285. The van der Waals surface area contributed by atoms with Gasteiger partial charge in [-0.25, -0.2) is 0 Å². The van der Waals surface area contributed by atoms with Crippen molar-refractivity contribution in [3.63, 3.8) is 0 Å². The van der Waals surface area contributed by atoms with Crippen molar-refractivity contribution < 1.29 is 19.1 Å². The molecule has 0 aliphatic carbocycles. The van der Waals surface area contributed by atoms with Crippen LogP contribution in [0.15, 0.2) is 0 Å². The number of aliphatic hydroxyl groups is 1. The molecule has 1 aliphatic rings. The molecule has 0 aromatic heterocycles. The molecule has 0 bridgehead atoms. The third-order valence-corrected chi connectivity index (χ3v) is 8.62. The molecule has 5 heteroatoms. The van der Waals surface area contributed by atoms with Crippen molar-refractivity contribution in [1.82, 2.24) is 0 Å². The summed E-state index contributed by atoms with van der Waals surface area (Å²) in [7, 11) is -1.80. The highest BCUT2D eigenvalue weighted by atomic mass is 28.4. The topological polar surface area (TPSA) is 55.8 Å². The zero-order valence-corrected chi connectivity index (χ0v) is 13.3. The van der Waals surface area contributed by atoms with Gasteiger partial charge in [0.05, 0.1) is 18.6 Å². The first-order valence-electron chi connectivity index (χ1n) is 6.57. The van der Waals surface area contributed by atoms with Gasteiger partial charge in [-0.15, -0.1) is 0 Å². The molecule has 0 aromatic carbocycles. The molecule has 1 aliphatic heterocycles. The molecule has 4 nitrogen and oxygen atoms in total. The van der Waals surface area contributed by atoms with Gasteiger partial charge in [0.2, 0.25) is 0 Å². The fourth-order valence-corrected chi connectivity index (χ4v) is 2.73. The molecule has 3 atom stereocenters. The van der Waals surface area contributed by atoms with Crippen LogP contribution in [0.25, 0.3) is 0 Å². The first-order chi connectivity index (χ1) is 8.04. The van der Waals surface area contributed by atoms with Crippen molar-refractivity contribution >= 4 is 14.3 Å². The quantitative estimate of drug-likeness (QED) is 0.631. The van der Waals surface area contributed by atoms with Crippen LogP contribution in [-0.2, 0) is 14.0 Å². The van der Waals surface area contributed by atoms with Gasteiger partial charge in [-0.2, -0.15) is 0 Å². The maximum atomic E-state index is 11.5. The minimum absolute atomic E-state index is 0.152. The van der Waals surface area contributed by atoms with Crippen LogP contribution in [0.4, 0.5) is 0 Å². The number of hydrogen-bond donors (Lipinski definition) is 1. The molecule has 0 spiro atoms. The Labute approximate surface area is 111 Å². The monoisotopic (exact) mass is 274 g/mol. The first kappa shape index (κ1) is 15.7. The van der Waals surface area contributed by atoms with Crippen molar-refractivity contribution in [2.24, 2.45) is 5.92 Å². The molecule has 18 heavy (non-hydrogen) atoms. The minimum atomic E-state index is -1.80. The summed E-state index contributed by atoms with van der Waals surface area (Å²) in [6.45, 7) is 13.0. The molecule has 106 valence electrons. The van der Waals surface area contributed by atoms with E-state index >= 15 is 0 Å². The number of carbonyl (C=O) groups excluding carboxylic acids is 1. The Bertz CT molecular complexity index is 307. The van der Waals surface area contributed by atoms with E-state index in [0.717, 1.165) is 0 Å². The summed E-state index contributed by atoms with van der Waals surface area (Å²) in [5.74, 6) is -0.688. The Morgan fingerprint density at radius 2 is 2.06 bits per heavy atom. The first-order valence-corrected chi connectivity index (χ1v) is 9.48. The summed E-state index contributed by atoms with van der Waals surface area (Å²) in [5, 5.41) is 9.62. The standard InChI is InChI=1S/C13H26O4Si/c1-9(14)11-7-10(17-12(11)15)8-16-18(5,6)13(2,3)4/h9-11,14H,7-8H2,1-6H3/t9-,10-,11-/m0/s1. The lowest BCUT2D eigenvalue weighted by Crippen LogP contribution is -2.42. The van der Waals surface area contributed by atoms with Crippen LogP contribution in [0.2, 0.25) is 18.1 Å². The van der Waals surface area contributed by atoms with E-state index in [2.05, 4.69) is 33.9 Å². The van der Waals surface area contributed by atoms with Crippen LogP contribution in [-0.4, -0.2) is 38.2 Å². The number of cyclic esters (lactones) is 1. The molecule has 1 rings (SSSR count). The molecule has 1 N–H and O–H groups in total. The van der Waals surface area contributed by atoms with Gasteiger partial charge in [0.1, 0.15) is 6.10 Å². The van der Waals surface area contributed by atoms with Gasteiger partial charge in [0.15, 0.2) is 8.32 Å². The molecule has 0 saturated carbocycles. The smallest absolute Gasteiger partial charge is 0.312 e. The predicted octanol–water partition coefficient (Wildman–Crippen LogP) is 2.32. The van der Waals surface area contributed by atoms with Gasteiger partial charge in [-0.05, 0) is 25.1 Å². The molecule has 0 amide bonds. The maximum Gasteiger partial charge on any atom is 0.312 e. The Kier molecular flexibility index (Phi) is 4.62. The maximum absolute atomic E-state index is 11.5. The highest BCUT2D eigenvalue weighted by molar-refractivity contribution is 6.74. The van der Waals surface area contributed by atoms with E-state index in [9.17, 15) is 9.90 Å². The Morgan fingerprint density at radius 1 is 1.50 bits per heavy atom. The van der Waals surface area contributed by atoms with E-state index in [4.69, 9.17) is 9.16 Å². The van der Waals surface area contributed by atoms with Gasteiger partial charge in [0.25, 0.3) is 0 Å². The lowest BCUT2D eigenvalue weighted by molar-refractivity contribution is -0.147. The van der Waals surface area contributed by atoms with Gasteiger partial charge in [-0.3, -0.25) is 4.79 Å². The summed E-state index contributed by atoms with van der Waals surface area (Å²) in [6, 6.07) is 0.